The minimum absolute atomic E-state index is 0.174. The number of benzene rings is 2. The molecule has 0 aliphatic heterocycles. The molecule has 0 spiro atoms. The van der Waals surface area contributed by atoms with E-state index in [0.29, 0.717) is 5.69 Å². The smallest absolute Gasteiger partial charge is 0.408 e. The second-order valence-electron chi connectivity index (χ2n) is 8.02. The average molecular weight is 389 g/mol. The maximum Gasteiger partial charge on any atom is 0.408 e. The quantitative estimate of drug-likeness (QED) is 0.610. The van der Waals surface area contributed by atoms with Crippen molar-refractivity contribution in [2.75, 3.05) is 5.73 Å². The molecule has 0 saturated carbocycles. The van der Waals surface area contributed by atoms with Crippen LogP contribution in [0.1, 0.15) is 39.3 Å². The summed E-state index contributed by atoms with van der Waals surface area (Å²) in [5.41, 5.74) is 11.0. The molecule has 1 aromatic heterocycles. The first kappa shape index (κ1) is 20.4. The highest BCUT2D eigenvalue weighted by Gasteiger charge is 2.18. The molecular formula is C24H27N3O2. The van der Waals surface area contributed by atoms with Gasteiger partial charge < -0.3 is 15.8 Å². The van der Waals surface area contributed by atoms with Gasteiger partial charge in [0.1, 0.15) is 5.60 Å². The van der Waals surface area contributed by atoms with Crippen molar-refractivity contribution in [3.63, 3.8) is 0 Å². The zero-order valence-electron chi connectivity index (χ0n) is 17.3. The van der Waals surface area contributed by atoms with Gasteiger partial charge in [-0.25, -0.2) is 4.79 Å². The van der Waals surface area contributed by atoms with Crippen LogP contribution in [0.4, 0.5) is 10.5 Å². The number of nitrogen functional groups attached to an aromatic ring is 1. The maximum absolute atomic E-state index is 12.0. The molecule has 1 heterocycles. The van der Waals surface area contributed by atoms with E-state index in [2.05, 4.69) is 10.3 Å². The molecule has 0 saturated heterocycles. The standard InChI is InChI=1S/C24H27N3O2/c1-16(27-23(28)29-24(2,3)4)17-10-12-19(13-11-17)22-21(14-20(25)15-26-22)18-8-6-5-7-9-18/h5-16H,25H2,1-4H3,(H,27,28)/t16-/m0/s1. The van der Waals surface area contributed by atoms with E-state index >= 15 is 0 Å². The van der Waals surface area contributed by atoms with Gasteiger partial charge >= 0.3 is 6.09 Å². The summed E-state index contributed by atoms with van der Waals surface area (Å²) in [6.45, 7) is 7.46. The number of alkyl carbamates (subject to hydrolysis) is 1. The number of amides is 1. The van der Waals surface area contributed by atoms with Gasteiger partial charge in [0, 0.05) is 11.1 Å². The van der Waals surface area contributed by atoms with Crippen molar-refractivity contribution in [2.45, 2.75) is 39.3 Å². The number of carbonyl (C=O) groups excluding carboxylic acids is 1. The van der Waals surface area contributed by atoms with Crippen molar-refractivity contribution in [2.24, 2.45) is 0 Å². The third-order valence-corrected chi connectivity index (χ3v) is 4.41. The van der Waals surface area contributed by atoms with Crippen LogP contribution in [0.3, 0.4) is 0 Å². The molecule has 5 heteroatoms. The average Bonchev–Trinajstić information content (AvgIpc) is 2.67. The third-order valence-electron chi connectivity index (χ3n) is 4.41. The summed E-state index contributed by atoms with van der Waals surface area (Å²) in [6.07, 6.45) is 1.24. The largest absolute Gasteiger partial charge is 0.444 e. The van der Waals surface area contributed by atoms with E-state index in [9.17, 15) is 4.79 Å². The molecule has 29 heavy (non-hydrogen) atoms. The number of hydrogen-bond donors (Lipinski definition) is 2. The maximum atomic E-state index is 12.0. The molecule has 2 aromatic carbocycles. The zero-order chi connectivity index (χ0) is 21.0. The van der Waals surface area contributed by atoms with Crippen LogP contribution in [0.15, 0.2) is 66.9 Å². The Bertz CT molecular complexity index is 977. The van der Waals surface area contributed by atoms with E-state index in [1.54, 1.807) is 6.20 Å². The third kappa shape index (κ3) is 5.35. The van der Waals surface area contributed by atoms with Crippen LogP contribution in [0, 0.1) is 0 Å². The summed E-state index contributed by atoms with van der Waals surface area (Å²) in [4.78, 5) is 16.6. The summed E-state index contributed by atoms with van der Waals surface area (Å²) in [5.74, 6) is 0. The number of nitrogens with zero attached hydrogens (tertiary/aromatic N) is 1. The summed E-state index contributed by atoms with van der Waals surface area (Å²) in [5, 5.41) is 2.86. The van der Waals surface area contributed by atoms with E-state index < -0.39 is 11.7 Å². The van der Waals surface area contributed by atoms with E-state index in [-0.39, 0.29) is 6.04 Å². The summed E-state index contributed by atoms with van der Waals surface area (Å²) < 4.78 is 5.33. The fourth-order valence-corrected chi connectivity index (χ4v) is 3.05. The molecule has 0 radical (unpaired) electrons. The highest BCUT2D eigenvalue weighted by molar-refractivity contribution is 5.82. The van der Waals surface area contributed by atoms with Crippen LogP contribution < -0.4 is 11.1 Å². The molecule has 5 nitrogen and oxygen atoms in total. The van der Waals surface area contributed by atoms with Gasteiger partial charge in [-0.05, 0) is 44.9 Å². The number of carbonyl (C=O) groups is 1. The Morgan fingerprint density at radius 3 is 2.31 bits per heavy atom. The van der Waals surface area contributed by atoms with Crippen molar-refractivity contribution in [3.8, 4) is 22.4 Å². The van der Waals surface area contributed by atoms with Gasteiger partial charge in [-0.1, -0.05) is 54.6 Å². The van der Waals surface area contributed by atoms with Crippen LogP contribution in [-0.4, -0.2) is 16.7 Å². The van der Waals surface area contributed by atoms with E-state index in [1.807, 2.05) is 88.4 Å². The Labute approximate surface area is 171 Å². The Balaban J connectivity index is 1.83. The minimum Gasteiger partial charge on any atom is -0.444 e. The summed E-state index contributed by atoms with van der Waals surface area (Å²) in [6, 6.07) is 19.8. The van der Waals surface area contributed by atoms with Crippen LogP contribution >= 0.6 is 0 Å². The van der Waals surface area contributed by atoms with Crippen LogP contribution in [0.25, 0.3) is 22.4 Å². The zero-order valence-corrected chi connectivity index (χ0v) is 17.3. The Kier molecular flexibility index (Phi) is 5.87. The number of nitrogens with one attached hydrogen (secondary N) is 1. The van der Waals surface area contributed by atoms with Gasteiger partial charge in [-0.3, -0.25) is 4.98 Å². The fraction of sp³-hybridized carbons (Fsp3) is 0.250. The van der Waals surface area contributed by atoms with Crippen molar-refractivity contribution in [3.05, 3.63) is 72.4 Å². The first-order chi connectivity index (χ1) is 13.7. The molecule has 1 amide bonds. The minimum atomic E-state index is -0.525. The predicted molar refractivity (Wildman–Crippen MR) is 117 cm³/mol. The molecule has 3 rings (SSSR count). The highest BCUT2D eigenvalue weighted by Crippen LogP contribution is 2.32. The van der Waals surface area contributed by atoms with Crippen molar-refractivity contribution < 1.29 is 9.53 Å². The van der Waals surface area contributed by atoms with Crippen LogP contribution in [-0.2, 0) is 4.74 Å². The number of aromatic nitrogens is 1. The topological polar surface area (TPSA) is 77.2 Å². The molecular weight excluding hydrogens is 362 g/mol. The predicted octanol–water partition coefficient (Wildman–Crippen LogP) is 5.58. The Morgan fingerprint density at radius 2 is 1.69 bits per heavy atom. The van der Waals surface area contributed by atoms with Crippen LogP contribution in [0.5, 0.6) is 0 Å². The van der Waals surface area contributed by atoms with Crippen molar-refractivity contribution in [1.82, 2.24) is 10.3 Å². The molecule has 0 aliphatic rings. The molecule has 0 aliphatic carbocycles. The van der Waals surface area contributed by atoms with E-state index in [1.165, 1.54) is 0 Å². The van der Waals surface area contributed by atoms with Gasteiger partial charge in [0.05, 0.1) is 23.6 Å². The fourth-order valence-electron chi connectivity index (χ4n) is 3.05. The summed E-state index contributed by atoms with van der Waals surface area (Å²) >= 11 is 0. The molecule has 0 unspecified atom stereocenters. The van der Waals surface area contributed by atoms with Gasteiger partial charge in [0.25, 0.3) is 0 Å². The molecule has 1 atom stereocenters. The first-order valence-electron chi connectivity index (χ1n) is 9.64. The van der Waals surface area contributed by atoms with Gasteiger partial charge in [0.15, 0.2) is 0 Å². The second-order valence-corrected chi connectivity index (χ2v) is 8.02. The molecule has 150 valence electrons. The number of nitrogens with two attached hydrogens (primary N) is 1. The second kappa shape index (κ2) is 8.35. The Morgan fingerprint density at radius 1 is 1.03 bits per heavy atom. The van der Waals surface area contributed by atoms with E-state index in [0.717, 1.165) is 27.9 Å². The number of anilines is 1. The molecule has 0 bridgehead atoms. The Hall–Kier alpha value is -3.34. The number of ether oxygens (including phenoxy) is 1. The normalized spacial score (nSPS) is 12.3. The van der Waals surface area contributed by atoms with E-state index in [4.69, 9.17) is 10.5 Å². The van der Waals surface area contributed by atoms with Crippen molar-refractivity contribution >= 4 is 11.8 Å². The number of pyridine rings is 1. The first-order valence-corrected chi connectivity index (χ1v) is 9.64. The van der Waals surface area contributed by atoms with Crippen molar-refractivity contribution in [1.29, 1.82) is 0 Å². The lowest BCUT2D eigenvalue weighted by Crippen LogP contribution is -2.34. The molecule has 3 aromatic rings. The monoisotopic (exact) mass is 389 g/mol. The molecule has 3 N–H and O–H groups in total. The van der Waals surface area contributed by atoms with Gasteiger partial charge in [-0.15, -0.1) is 0 Å². The highest BCUT2D eigenvalue weighted by atomic mass is 16.6. The SMILES string of the molecule is C[C@H](NC(=O)OC(C)(C)C)c1ccc(-c2ncc(N)cc2-c2ccccc2)cc1. The van der Waals surface area contributed by atoms with Gasteiger partial charge in [-0.2, -0.15) is 0 Å². The molecule has 0 fully saturated rings. The lowest BCUT2D eigenvalue weighted by atomic mass is 9.97. The summed E-state index contributed by atoms with van der Waals surface area (Å²) in [7, 11) is 0. The van der Waals surface area contributed by atoms with Gasteiger partial charge in [0.2, 0.25) is 0 Å². The van der Waals surface area contributed by atoms with Crippen LogP contribution in [0.2, 0.25) is 0 Å². The lowest BCUT2D eigenvalue weighted by Gasteiger charge is -2.22. The number of rotatable bonds is 4. The lowest BCUT2D eigenvalue weighted by molar-refractivity contribution is 0.0508. The number of hydrogen-bond acceptors (Lipinski definition) is 4.